The lowest BCUT2D eigenvalue weighted by Gasteiger charge is -2.29. The number of halogens is 1. The first-order chi connectivity index (χ1) is 18.4. The van der Waals surface area contributed by atoms with Gasteiger partial charge in [0.15, 0.2) is 11.5 Å². The minimum atomic E-state index is -0.143. The Kier molecular flexibility index (Phi) is 7.42. The van der Waals surface area contributed by atoms with E-state index >= 15 is 0 Å². The van der Waals surface area contributed by atoms with Crippen LogP contribution < -0.4 is 20.5 Å². The highest BCUT2D eigenvalue weighted by Crippen LogP contribution is 2.31. The van der Waals surface area contributed by atoms with Crippen LogP contribution >= 0.6 is 11.6 Å². The molecule has 1 saturated carbocycles. The van der Waals surface area contributed by atoms with Crippen LogP contribution in [-0.4, -0.2) is 40.3 Å². The fourth-order valence-electron chi connectivity index (χ4n) is 5.35. The zero-order valence-electron chi connectivity index (χ0n) is 21.7. The smallest absolute Gasteiger partial charge is 0.333 e. The van der Waals surface area contributed by atoms with Gasteiger partial charge in [0.25, 0.3) is 5.91 Å². The number of carbonyl (C=O) groups excluding carboxylic acids is 1. The van der Waals surface area contributed by atoms with Crippen molar-refractivity contribution in [2.24, 2.45) is 5.92 Å². The summed E-state index contributed by atoms with van der Waals surface area (Å²) in [6, 6.07) is 15.1. The SMILES string of the molecule is COc1ccc(-n2c(=O)n(C[C@H]3CC[C@H](NC(=O)c4cc(Cl)cnc4C)CC3)c3ccccc32)cc1OC. The summed E-state index contributed by atoms with van der Waals surface area (Å²) in [5, 5.41) is 3.59. The highest BCUT2D eigenvalue weighted by molar-refractivity contribution is 6.30. The second kappa shape index (κ2) is 10.9. The first kappa shape index (κ1) is 25.9. The second-order valence-electron chi connectivity index (χ2n) is 9.73. The van der Waals surface area contributed by atoms with Gasteiger partial charge in [-0.2, -0.15) is 0 Å². The average molecular weight is 535 g/mol. The Balaban J connectivity index is 1.33. The predicted octanol–water partition coefficient (Wildman–Crippen LogP) is 5.16. The Morgan fingerprint density at radius 3 is 2.45 bits per heavy atom. The molecule has 0 atom stereocenters. The zero-order valence-corrected chi connectivity index (χ0v) is 22.5. The monoisotopic (exact) mass is 534 g/mol. The summed E-state index contributed by atoms with van der Waals surface area (Å²) in [5.74, 6) is 1.37. The van der Waals surface area contributed by atoms with Crippen molar-refractivity contribution in [3.8, 4) is 17.2 Å². The molecule has 0 unspecified atom stereocenters. The number of amides is 1. The number of aryl methyl sites for hydroxylation is 1. The van der Waals surface area contributed by atoms with Crippen LogP contribution in [0.3, 0.4) is 0 Å². The number of fused-ring (bicyclic) bond motifs is 1. The van der Waals surface area contributed by atoms with Gasteiger partial charge in [-0.05, 0) is 68.9 Å². The molecule has 2 aromatic heterocycles. The summed E-state index contributed by atoms with van der Waals surface area (Å²) < 4.78 is 14.4. The van der Waals surface area contributed by atoms with Crippen molar-refractivity contribution in [2.75, 3.05) is 14.2 Å². The van der Waals surface area contributed by atoms with E-state index in [4.69, 9.17) is 21.1 Å². The third kappa shape index (κ3) is 5.00. The van der Waals surface area contributed by atoms with Crippen LogP contribution in [0.1, 0.15) is 41.7 Å². The van der Waals surface area contributed by atoms with Crippen molar-refractivity contribution in [1.82, 2.24) is 19.4 Å². The third-order valence-electron chi connectivity index (χ3n) is 7.38. The molecule has 0 aliphatic heterocycles. The second-order valence-corrected chi connectivity index (χ2v) is 10.2. The molecule has 4 aromatic rings. The maximum atomic E-state index is 13.7. The third-order valence-corrected chi connectivity index (χ3v) is 7.59. The minimum Gasteiger partial charge on any atom is -0.493 e. The number of nitrogens with zero attached hydrogens (tertiary/aromatic N) is 3. The normalized spacial score (nSPS) is 17.4. The van der Waals surface area contributed by atoms with E-state index in [0.717, 1.165) is 42.4 Å². The van der Waals surface area contributed by atoms with Crippen LogP contribution in [0.5, 0.6) is 11.5 Å². The van der Waals surface area contributed by atoms with E-state index in [-0.39, 0.29) is 17.6 Å². The van der Waals surface area contributed by atoms with E-state index in [1.54, 1.807) is 38.0 Å². The molecule has 0 saturated heterocycles. The van der Waals surface area contributed by atoms with Gasteiger partial charge in [-0.25, -0.2) is 4.79 Å². The van der Waals surface area contributed by atoms with Gasteiger partial charge in [0, 0.05) is 24.8 Å². The number of rotatable bonds is 7. The summed E-state index contributed by atoms with van der Waals surface area (Å²) in [6.45, 7) is 2.43. The van der Waals surface area contributed by atoms with E-state index in [0.29, 0.717) is 40.2 Å². The van der Waals surface area contributed by atoms with Gasteiger partial charge in [0.2, 0.25) is 0 Å². The van der Waals surface area contributed by atoms with Crippen molar-refractivity contribution in [3.05, 3.63) is 81.5 Å². The number of para-hydroxylation sites is 2. The molecule has 1 N–H and O–H groups in total. The van der Waals surface area contributed by atoms with Crippen LogP contribution in [0.4, 0.5) is 0 Å². The molecule has 1 amide bonds. The molecule has 0 radical (unpaired) electrons. The van der Waals surface area contributed by atoms with Gasteiger partial charge in [0.05, 0.1) is 47.2 Å². The number of benzene rings is 2. The number of hydrogen-bond acceptors (Lipinski definition) is 5. The Morgan fingerprint density at radius 1 is 1.03 bits per heavy atom. The van der Waals surface area contributed by atoms with E-state index in [2.05, 4.69) is 10.3 Å². The van der Waals surface area contributed by atoms with E-state index < -0.39 is 0 Å². The lowest BCUT2D eigenvalue weighted by atomic mass is 9.85. The Morgan fingerprint density at radius 2 is 1.74 bits per heavy atom. The molecule has 38 heavy (non-hydrogen) atoms. The first-order valence-corrected chi connectivity index (χ1v) is 13.1. The molecular weight excluding hydrogens is 504 g/mol. The number of imidazole rings is 1. The zero-order chi connectivity index (χ0) is 26.8. The van der Waals surface area contributed by atoms with E-state index in [1.165, 1.54) is 0 Å². The van der Waals surface area contributed by atoms with Crippen LogP contribution in [0.15, 0.2) is 59.5 Å². The highest BCUT2D eigenvalue weighted by Gasteiger charge is 2.26. The molecule has 9 heteroatoms. The lowest BCUT2D eigenvalue weighted by molar-refractivity contribution is 0.0919. The van der Waals surface area contributed by atoms with Crippen molar-refractivity contribution >= 4 is 28.5 Å². The quantitative estimate of drug-likeness (QED) is 0.354. The van der Waals surface area contributed by atoms with Gasteiger partial charge in [-0.3, -0.25) is 18.9 Å². The van der Waals surface area contributed by atoms with Crippen LogP contribution in [0, 0.1) is 12.8 Å². The topological polar surface area (TPSA) is 87.4 Å². The average Bonchev–Trinajstić information content (AvgIpc) is 3.21. The van der Waals surface area contributed by atoms with E-state index in [9.17, 15) is 9.59 Å². The number of methoxy groups -OCH3 is 2. The Labute approximate surface area is 226 Å². The number of aromatic nitrogens is 3. The van der Waals surface area contributed by atoms with Crippen LogP contribution in [0.25, 0.3) is 16.7 Å². The summed E-state index contributed by atoms with van der Waals surface area (Å²) in [7, 11) is 3.17. The van der Waals surface area contributed by atoms with Crippen LogP contribution in [-0.2, 0) is 6.54 Å². The van der Waals surface area contributed by atoms with Crippen LogP contribution in [0.2, 0.25) is 5.02 Å². The van der Waals surface area contributed by atoms with Crippen molar-refractivity contribution in [3.63, 3.8) is 0 Å². The molecule has 1 aliphatic rings. The predicted molar refractivity (Wildman–Crippen MR) is 148 cm³/mol. The summed E-state index contributed by atoms with van der Waals surface area (Å²) in [6.07, 6.45) is 5.09. The molecule has 1 fully saturated rings. The van der Waals surface area contributed by atoms with E-state index in [1.807, 2.05) is 47.0 Å². The maximum Gasteiger partial charge on any atom is 0.333 e. The largest absolute Gasteiger partial charge is 0.493 e. The molecule has 5 rings (SSSR count). The number of hydrogen-bond donors (Lipinski definition) is 1. The molecule has 2 heterocycles. The van der Waals surface area contributed by atoms with Gasteiger partial charge >= 0.3 is 5.69 Å². The molecular formula is C29H31ClN4O4. The summed E-state index contributed by atoms with van der Waals surface area (Å²) in [5.41, 5.74) is 3.54. The highest BCUT2D eigenvalue weighted by atomic mass is 35.5. The fourth-order valence-corrected chi connectivity index (χ4v) is 5.50. The first-order valence-electron chi connectivity index (χ1n) is 12.7. The fraction of sp³-hybridized carbons (Fsp3) is 0.345. The molecule has 1 aliphatic carbocycles. The summed E-state index contributed by atoms with van der Waals surface area (Å²) >= 11 is 6.04. The minimum absolute atomic E-state index is 0.0851. The molecule has 198 valence electrons. The Bertz CT molecular complexity index is 1540. The standard InChI is InChI=1S/C29H31ClN4O4/c1-18-23(14-20(30)16-31-18)28(35)32-21-10-8-19(9-11-21)17-33-24-6-4-5-7-25(24)34(29(33)36)22-12-13-26(37-2)27(15-22)38-3/h4-7,12-16,19,21H,8-11,17H2,1-3H3,(H,32,35)/t19-,21-. The Hall–Kier alpha value is -3.78. The van der Waals surface area contributed by atoms with Crippen molar-refractivity contribution < 1.29 is 14.3 Å². The maximum absolute atomic E-state index is 13.7. The molecule has 2 aromatic carbocycles. The van der Waals surface area contributed by atoms with Gasteiger partial charge in [-0.15, -0.1) is 0 Å². The molecule has 0 bridgehead atoms. The van der Waals surface area contributed by atoms with Gasteiger partial charge in [0.1, 0.15) is 0 Å². The number of nitrogens with one attached hydrogen (secondary N) is 1. The van der Waals surface area contributed by atoms with Crippen molar-refractivity contribution in [2.45, 2.75) is 45.2 Å². The van der Waals surface area contributed by atoms with Crippen molar-refractivity contribution in [1.29, 1.82) is 0 Å². The number of pyridine rings is 1. The number of ether oxygens (including phenoxy) is 2. The number of carbonyl (C=O) groups is 1. The summed E-state index contributed by atoms with van der Waals surface area (Å²) in [4.78, 5) is 30.7. The van der Waals surface area contributed by atoms with Gasteiger partial charge in [-0.1, -0.05) is 23.7 Å². The molecule has 0 spiro atoms. The lowest BCUT2D eigenvalue weighted by Crippen LogP contribution is -2.39. The molecule has 8 nitrogen and oxygen atoms in total. The van der Waals surface area contributed by atoms with Gasteiger partial charge < -0.3 is 14.8 Å².